The van der Waals surface area contributed by atoms with Crippen LogP contribution < -0.4 is 10.6 Å². The van der Waals surface area contributed by atoms with Crippen molar-refractivity contribution in [3.63, 3.8) is 0 Å². The summed E-state index contributed by atoms with van der Waals surface area (Å²) in [5, 5.41) is 16.7. The maximum atomic E-state index is 11.8. The van der Waals surface area contributed by atoms with Crippen molar-refractivity contribution >= 4 is 23.2 Å². The van der Waals surface area contributed by atoms with Crippen LogP contribution in [0.2, 0.25) is 0 Å². The monoisotopic (exact) mass is 282 g/mol. The number of hydrogen-bond acceptors (Lipinski definition) is 4. The summed E-state index contributed by atoms with van der Waals surface area (Å²) in [6, 6.07) is 2.89. The van der Waals surface area contributed by atoms with Gasteiger partial charge in [-0.3, -0.25) is 9.59 Å². The van der Waals surface area contributed by atoms with E-state index in [0.29, 0.717) is 10.8 Å². The summed E-state index contributed by atoms with van der Waals surface area (Å²) in [5.74, 6) is -0.193. The average Bonchev–Trinajstić information content (AvgIpc) is 3.10. The Morgan fingerprint density at radius 2 is 2.26 bits per heavy atom. The first-order chi connectivity index (χ1) is 9.08. The Kier molecular flexibility index (Phi) is 4.55. The molecule has 2 atom stereocenters. The minimum Gasteiger partial charge on any atom is -0.391 e. The van der Waals surface area contributed by atoms with Crippen molar-refractivity contribution in [1.29, 1.82) is 0 Å². The quantitative estimate of drug-likeness (QED) is 0.720. The van der Waals surface area contributed by atoms with Crippen molar-refractivity contribution in [2.24, 2.45) is 5.92 Å². The van der Waals surface area contributed by atoms with Crippen molar-refractivity contribution in [3.05, 3.63) is 22.4 Å². The molecule has 0 saturated heterocycles. The van der Waals surface area contributed by atoms with E-state index in [1.165, 1.54) is 11.3 Å². The minimum atomic E-state index is -0.610. The van der Waals surface area contributed by atoms with E-state index in [9.17, 15) is 14.7 Å². The Bertz CT molecular complexity index is 443. The van der Waals surface area contributed by atoms with E-state index in [1.807, 2.05) is 5.38 Å². The number of thiophene rings is 1. The topological polar surface area (TPSA) is 78.4 Å². The average molecular weight is 282 g/mol. The Morgan fingerprint density at radius 3 is 2.84 bits per heavy atom. The molecule has 0 radical (unpaired) electrons. The van der Waals surface area contributed by atoms with Crippen molar-refractivity contribution in [1.82, 2.24) is 10.6 Å². The number of aliphatic hydroxyl groups excluding tert-OH is 1. The van der Waals surface area contributed by atoms with Gasteiger partial charge in [0, 0.05) is 6.54 Å². The number of rotatable bonds is 6. The molecule has 2 rings (SSSR count). The lowest BCUT2D eigenvalue weighted by atomic mass is 10.2. The van der Waals surface area contributed by atoms with Crippen LogP contribution in [0.5, 0.6) is 0 Å². The summed E-state index contributed by atoms with van der Waals surface area (Å²) in [6.07, 6.45) is 1.59. The van der Waals surface area contributed by atoms with Gasteiger partial charge in [0.15, 0.2) is 0 Å². The van der Waals surface area contributed by atoms with Gasteiger partial charge in [0.25, 0.3) is 5.91 Å². The second-order valence-electron chi connectivity index (χ2n) is 4.82. The SMILES string of the molecule is CC(NC(=O)c1cccs1)C(=O)NCC(O)C1CC1. The summed E-state index contributed by atoms with van der Waals surface area (Å²) in [6.45, 7) is 1.88. The highest BCUT2D eigenvalue weighted by Crippen LogP contribution is 2.32. The third-order valence-electron chi connectivity index (χ3n) is 3.14. The van der Waals surface area contributed by atoms with E-state index >= 15 is 0 Å². The second-order valence-corrected chi connectivity index (χ2v) is 5.77. The summed E-state index contributed by atoms with van der Waals surface area (Å²) >= 11 is 1.33. The molecule has 5 nitrogen and oxygen atoms in total. The highest BCUT2D eigenvalue weighted by molar-refractivity contribution is 7.12. The fourth-order valence-electron chi connectivity index (χ4n) is 1.75. The van der Waals surface area contributed by atoms with Gasteiger partial charge < -0.3 is 15.7 Å². The summed E-state index contributed by atoms with van der Waals surface area (Å²) in [7, 11) is 0. The molecule has 0 bridgehead atoms. The zero-order chi connectivity index (χ0) is 13.8. The summed E-state index contributed by atoms with van der Waals surface area (Å²) < 4.78 is 0. The Hall–Kier alpha value is -1.40. The Labute approximate surface area is 116 Å². The first-order valence-electron chi connectivity index (χ1n) is 6.38. The molecule has 1 aliphatic carbocycles. The molecule has 0 aliphatic heterocycles. The lowest BCUT2D eigenvalue weighted by Crippen LogP contribution is -2.46. The number of hydrogen-bond donors (Lipinski definition) is 3. The molecule has 6 heteroatoms. The molecule has 1 saturated carbocycles. The van der Waals surface area contributed by atoms with Crippen LogP contribution in [0.4, 0.5) is 0 Å². The van der Waals surface area contributed by atoms with Crippen LogP contribution >= 0.6 is 11.3 Å². The molecule has 0 spiro atoms. The van der Waals surface area contributed by atoms with Gasteiger partial charge >= 0.3 is 0 Å². The first-order valence-corrected chi connectivity index (χ1v) is 7.26. The maximum Gasteiger partial charge on any atom is 0.261 e. The van der Waals surface area contributed by atoms with E-state index in [4.69, 9.17) is 0 Å². The van der Waals surface area contributed by atoms with Crippen LogP contribution in [0, 0.1) is 5.92 Å². The van der Waals surface area contributed by atoms with Crippen molar-refractivity contribution in [3.8, 4) is 0 Å². The van der Waals surface area contributed by atoms with Gasteiger partial charge in [-0.05, 0) is 37.1 Å². The molecule has 3 N–H and O–H groups in total. The molecule has 2 amide bonds. The predicted molar refractivity (Wildman–Crippen MR) is 73.0 cm³/mol. The number of carbonyl (C=O) groups excluding carboxylic acids is 2. The van der Waals surface area contributed by atoms with Crippen LogP contribution in [0.3, 0.4) is 0 Å². The number of nitrogens with one attached hydrogen (secondary N) is 2. The molecule has 1 aromatic heterocycles. The predicted octanol–water partition coefficient (Wildman–Crippen LogP) is 0.753. The molecule has 1 fully saturated rings. The van der Waals surface area contributed by atoms with Crippen molar-refractivity contribution in [2.75, 3.05) is 6.54 Å². The van der Waals surface area contributed by atoms with Gasteiger partial charge in [-0.1, -0.05) is 6.07 Å². The third kappa shape index (κ3) is 4.04. The molecule has 0 aromatic carbocycles. The molecule has 1 aromatic rings. The van der Waals surface area contributed by atoms with Gasteiger partial charge in [-0.25, -0.2) is 0 Å². The minimum absolute atomic E-state index is 0.250. The first kappa shape index (κ1) is 14.0. The molecule has 104 valence electrons. The Balaban J connectivity index is 1.74. The second kappa shape index (κ2) is 6.16. The van der Waals surface area contributed by atoms with E-state index in [2.05, 4.69) is 10.6 Å². The number of amides is 2. The van der Waals surface area contributed by atoms with E-state index in [0.717, 1.165) is 12.8 Å². The summed E-state index contributed by atoms with van der Waals surface area (Å²) in [5.41, 5.74) is 0. The van der Waals surface area contributed by atoms with Crippen molar-refractivity contribution in [2.45, 2.75) is 31.9 Å². The van der Waals surface area contributed by atoms with Crippen LogP contribution in [0.15, 0.2) is 17.5 Å². The summed E-state index contributed by atoms with van der Waals surface area (Å²) in [4.78, 5) is 24.1. The third-order valence-corrected chi connectivity index (χ3v) is 4.01. The van der Waals surface area contributed by atoms with Gasteiger partial charge in [-0.15, -0.1) is 11.3 Å². The van der Waals surface area contributed by atoms with Gasteiger partial charge in [-0.2, -0.15) is 0 Å². The normalized spacial score (nSPS) is 17.6. The van der Waals surface area contributed by atoms with E-state index in [1.54, 1.807) is 19.1 Å². The van der Waals surface area contributed by atoms with Crippen LogP contribution in [0.1, 0.15) is 29.4 Å². The van der Waals surface area contributed by atoms with Crippen LogP contribution in [-0.2, 0) is 4.79 Å². The molecule has 1 heterocycles. The molecule has 2 unspecified atom stereocenters. The number of aliphatic hydroxyl groups is 1. The van der Waals surface area contributed by atoms with E-state index in [-0.39, 0.29) is 18.4 Å². The molecular weight excluding hydrogens is 264 g/mol. The lowest BCUT2D eigenvalue weighted by Gasteiger charge is -2.15. The highest BCUT2D eigenvalue weighted by atomic mass is 32.1. The van der Waals surface area contributed by atoms with Gasteiger partial charge in [0.05, 0.1) is 11.0 Å². The van der Waals surface area contributed by atoms with Crippen molar-refractivity contribution < 1.29 is 14.7 Å². The van der Waals surface area contributed by atoms with Crippen LogP contribution in [0.25, 0.3) is 0 Å². The smallest absolute Gasteiger partial charge is 0.261 e. The van der Waals surface area contributed by atoms with E-state index < -0.39 is 12.1 Å². The molecule has 1 aliphatic rings. The Morgan fingerprint density at radius 1 is 1.53 bits per heavy atom. The lowest BCUT2D eigenvalue weighted by molar-refractivity contribution is -0.123. The van der Waals surface area contributed by atoms with Gasteiger partial charge in [0.2, 0.25) is 5.91 Å². The number of carbonyl (C=O) groups is 2. The standard InChI is InChI=1S/C13H18N2O3S/c1-8(15-13(18)11-3-2-6-19-11)12(17)14-7-10(16)9-4-5-9/h2-3,6,8-10,16H,4-5,7H2,1H3,(H,14,17)(H,15,18). The fraction of sp³-hybridized carbons (Fsp3) is 0.538. The largest absolute Gasteiger partial charge is 0.391 e. The fourth-order valence-corrected chi connectivity index (χ4v) is 2.37. The highest BCUT2D eigenvalue weighted by Gasteiger charge is 2.30. The molecule has 19 heavy (non-hydrogen) atoms. The van der Waals surface area contributed by atoms with Gasteiger partial charge in [0.1, 0.15) is 6.04 Å². The maximum absolute atomic E-state index is 11.8. The zero-order valence-electron chi connectivity index (χ0n) is 10.8. The van der Waals surface area contributed by atoms with Crippen LogP contribution in [-0.4, -0.2) is 35.6 Å². The zero-order valence-corrected chi connectivity index (χ0v) is 11.6. The molecular formula is C13H18N2O3S.